The van der Waals surface area contributed by atoms with Crippen LogP contribution in [0.25, 0.3) is 0 Å². The topological polar surface area (TPSA) is 21.3 Å². The summed E-state index contributed by atoms with van der Waals surface area (Å²) in [5.74, 6) is 1.05. The zero-order valence-corrected chi connectivity index (χ0v) is 12.1. The molecule has 18 heavy (non-hydrogen) atoms. The van der Waals surface area contributed by atoms with Gasteiger partial charge in [0.05, 0.1) is 0 Å². The third-order valence-electron chi connectivity index (χ3n) is 3.14. The van der Waals surface area contributed by atoms with Gasteiger partial charge in [-0.05, 0) is 37.9 Å². The van der Waals surface area contributed by atoms with E-state index in [4.69, 9.17) is 4.74 Å². The molecule has 1 aromatic carbocycles. The van der Waals surface area contributed by atoms with E-state index in [2.05, 4.69) is 44.3 Å². The maximum atomic E-state index is 5.83. The highest BCUT2D eigenvalue weighted by Crippen LogP contribution is 2.21. The van der Waals surface area contributed by atoms with Gasteiger partial charge in [0.25, 0.3) is 0 Å². The van der Waals surface area contributed by atoms with Gasteiger partial charge in [-0.15, -0.1) is 0 Å². The largest absolute Gasteiger partial charge is 0.492 e. The highest BCUT2D eigenvalue weighted by atomic mass is 16.5. The quantitative estimate of drug-likeness (QED) is 0.671. The average Bonchev–Trinajstić information content (AvgIpc) is 2.35. The summed E-state index contributed by atoms with van der Waals surface area (Å²) in [6, 6.07) is 6.27. The lowest BCUT2D eigenvalue weighted by Crippen LogP contribution is -2.22. The molecule has 0 atom stereocenters. The van der Waals surface area contributed by atoms with Crippen molar-refractivity contribution in [1.29, 1.82) is 0 Å². The van der Waals surface area contributed by atoms with Crippen LogP contribution in [0.3, 0.4) is 0 Å². The predicted molar refractivity (Wildman–Crippen MR) is 78.4 cm³/mol. The summed E-state index contributed by atoms with van der Waals surface area (Å²) >= 11 is 0. The summed E-state index contributed by atoms with van der Waals surface area (Å²) in [4.78, 5) is 0. The van der Waals surface area contributed by atoms with Gasteiger partial charge in [0, 0.05) is 6.54 Å². The number of aryl methyl sites for hydroxylation is 2. The van der Waals surface area contributed by atoms with Crippen molar-refractivity contribution in [2.45, 2.75) is 46.5 Å². The lowest BCUT2D eigenvalue weighted by molar-refractivity contribution is 0.309. The van der Waals surface area contributed by atoms with E-state index in [-0.39, 0.29) is 0 Å². The minimum absolute atomic E-state index is 0.749. The number of unbranched alkanes of at least 4 members (excludes halogenated alkanes) is 3. The van der Waals surface area contributed by atoms with Crippen molar-refractivity contribution in [2.24, 2.45) is 0 Å². The molecule has 0 spiro atoms. The second-order valence-corrected chi connectivity index (χ2v) is 4.88. The zero-order chi connectivity index (χ0) is 13.2. The summed E-state index contributed by atoms with van der Waals surface area (Å²) in [5.41, 5.74) is 2.44. The number of hydrogen-bond acceptors (Lipinski definition) is 2. The summed E-state index contributed by atoms with van der Waals surface area (Å²) in [6.45, 7) is 9.22. The Morgan fingerprint density at radius 1 is 1.00 bits per heavy atom. The number of hydrogen-bond donors (Lipinski definition) is 1. The first-order valence-electron chi connectivity index (χ1n) is 7.15. The first kappa shape index (κ1) is 15.0. The van der Waals surface area contributed by atoms with Gasteiger partial charge in [-0.3, -0.25) is 0 Å². The van der Waals surface area contributed by atoms with E-state index in [0.717, 1.165) is 25.4 Å². The van der Waals surface area contributed by atoms with Gasteiger partial charge in [0.15, 0.2) is 0 Å². The lowest BCUT2D eigenvalue weighted by atomic mass is 10.1. The first-order valence-corrected chi connectivity index (χ1v) is 7.15. The number of nitrogens with one attached hydrogen (secondary N) is 1. The van der Waals surface area contributed by atoms with Crippen molar-refractivity contribution < 1.29 is 4.74 Å². The number of benzene rings is 1. The van der Waals surface area contributed by atoms with Crippen LogP contribution in [0.15, 0.2) is 18.2 Å². The Kier molecular flexibility index (Phi) is 7.51. The second-order valence-electron chi connectivity index (χ2n) is 4.88. The fourth-order valence-electron chi connectivity index (χ4n) is 2.05. The lowest BCUT2D eigenvalue weighted by Gasteiger charge is -2.12. The highest BCUT2D eigenvalue weighted by Gasteiger charge is 2.01. The van der Waals surface area contributed by atoms with Crippen molar-refractivity contribution in [3.8, 4) is 5.75 Å². The van der Waals surface area contributed by atoms with Crippen LogP contribution in [0, 0.1) is 13.8 Å². The Labute approximate surface area is 112 Å². The van der Waals surface area contributed by atoms with Gasteiger partial charge in [-0.1, -0.05) is 44.4 Å². The molecule has 0 aliphatic heterocycles. The maximum absolute atomic E-state index is 5.83. The molecule has 1 aromatic rings. The molecule has 0 fully saturated rings. The van der Waals surface area contributed by atoms with E-state index in [0.29, 0.717) is 0 Å². The fraction of sp³-hybridized carbons (Fsp3) is 0.625. The van der Waals surface area contributed by atoms with Crippen molar-refractivity contribution >= 4 is 0 Å². The molecular weight excluding hydrogens is 222 g/mol. The summed E-state index contributed by atoms with van der Waals surface area (Å²) in [5, 5.41) is 3.43. The molecule has 0 saturated carbocycles. The van der Waals surface area contributed by atoms with Gasteiger partial charge >= 0.3 is 0 Å². The summed E-state index contributed by atoms with van der Waals surface area (Å²) < 4.78 is 5.83. The van der Waals surface area contributed by atoms with E-state index in [1.54, 1.807) is 0 Å². The zero-order valence-electron chi connectivity index (χ0n) is 12.1. The van der Waals surface area contributed by atoms with Gasteiger partial charge < -0.3 is 10.1 Å². The highest BCUT2D eigenvalue weighted by molar-refractivity contribution is 5.39. The molecule has 102 valence electrons. The molecule has 0 radical (unpaired) electrons. The Morgan fingerprint density at radius 2 is 1.72 bits per heavy atom. The van der Waals surface area contributed by atoms with Crippen LogP contribution < -0.4 is 10.1 Å². The molecule has 2 heteroatoms. The summed E-state index contributed by atoms with van der Waals surface area (Å²) in [7, 11) is 0. The summed E-state index contributed by atoms with van der Waals surface area (Å²) in [6.07, 6.45) is 5.26. The van der Waals surface area contributed by atoms with Crippen LogP contribution in [-0.2, 0) is 0 Å². The van der Waals surface area contributed by atoms with E-state index in [9.17, 15) is 0 Å². The fourth-order valence-corrected chi connectivity index (χ4v) is 2.05. The minimum Gasteiger partial charge on any atom is -0.492 e. The van der Waals surface area contributed by atoms with E-state index >= 15 is 0 Å². The van der Waals surface area contributed by atoms with Crippen molar-refractivity contribution in [2.75, 3.05) is 19.7 Å². The maximum Gasteiger partial charge on any atom is 0.125 e. The molecule has 2 nitrogen and oxygen atoms in total. The van der Waals surface area contributed by atoms with E-state index in [1.165, 1.54) is 36.8 Å². The average molecular weight is 249 g/mol. The van der Waals surface area contributed by atoms with E-state index < -0.39 is 0 Å². The number of para-hydroxylation sites is 1. The van der Waals surface area contributed by atoms with Gasteiger partial charge in [-0.25, -0.2) is 0 Å². The third kappa shape index (κ3) is 5.54. The number of rotatable bonds is 9. The van der Waals surface area contributed by atoms with Crippen LogP contribution in [0.2, 0.25) is 0 Å². The smallest absolute Gasteiger partial charge is 0.125 e. The van der Waals surface area contributed by atoms with Crippen molar-refractivity contribution in [1.82, 2.24) is 5.32 Å². The van der Waals surface area contributed by atoms with Gasteiger partial charge in [0.2, 0.25) is 0 Å². The number of ether oxygens (including phenoxy) is 1. The monoisotopic (exact) mass is 249 g/mol. The van der Waals surface area contributed by atoms with Crippen LogP contribution in [0.1, 0.15) is 43.7 Å². The Balaban J connectivity index is 2.11. The molecular formula is C16H27NO. The van der Waals surface area contributed by atoms with Crippen LogP contribution >= 0.6 is 0 Å². The normalized spacial score (nSPS) is 10.6. The SMILES string of the molecule is CCCCCCNCCOc1c(C)cccc1C. The molecule has 0 saturated heterocycles. The molecule has 0 amide bonds. The molecule has 1 N–H and O–H groups in total. The van der Waals surface area contributed by atoms with Gasteiger partial charge in [0.1, 0.15) is 12.4 Å². The molecule has 0 aromatic heterocycles. The van der Waals surface area contributed by atoms with Crippen molar-refractivity contribution in [3.05, 3.63) is 29.3 Å². The Bertz CT molecular complexity index is 316. The third-order valence-corrected chi connectivity index (χ3v) is 3.14. The molecule has 0 aliphatic carbocycles. The van der Waals surface area contributed by atoms with Gasteiger partial charge in [-0.2, -0.15) is 0 Å². The predicted octanol–water partition coefficient (Wildman–Crippen LogP) is 3.85. The van der Waals surface area contributed by atoms with Crippen LogP contribution in [0.4, 0.5) is 0 Å². The molecule has 0 bridgehead atoms. The van der Waals surface area contributed by atoms with E-state index in [1.807, 2.05) is 0 Å². The second kappa shape index (κ2) is 8.98. The molecule has 0 aliphatic rings. The Morgan fingerprint density at radius 3 is 2.39 bits per heavy atom. The van der Waals surface area contributed by atoms with Crippen LogP contribution in [-0.4, -0.2) is 19.7 Å². The van der Waals surface area contributed by atoms with Crippen molar-refractivity contribution in [3.63, 3.8) is 0 Å². The molecule has 1 rings (SSSR count). The Hall–Kier alpha value is -1.02. The standard InChI is InChI=1S/C16H27NO/c1-4-5-6-7-11-17-12-13-18-16-14(2)9-8-10-15(16)3/h8-10,17H,4-7,11-13H2,1-3H3. The molecule has 0 heterocycles. The van der Waals surface area contributed by atoms with Crippen LogP contribution in [0.5, 0.6) is 5.75 Å². The minimum atomic E-state index is 0.749. The first-order chi connectivity index (χ1) is 8.75. The molecule has 0 unspecified atom stereocenters.